The molecule has 1 aromatic heterocycles. The third-order valence-electron chi connectivity index (χ3n) is 5.76. The SMILES string of the molecule is CC(=O)Sc1c(C)c2c(c(C)c1C(=S)OCc1cnc(C)c(O)c1CO)OC(C)(C)CC2. The summed E-state index contributed by atoms with van der Waals surface area (Å²) in [6.07, 6.45) is 3.31. The molecule has 0 spiro atoms. The van der Waals surface area contributed by atoms with E-state index in [0.717, 1.165) is 51.9 Å². The predicted molar refractivity (Wildman–Crippen MR) is 129 cm³/mol. The van der Waals surface area contributed by atoms with E-state index in [1.54, 1.807) is 13.1 Å². The van der Waals surface area contributed by atoms with E-state index < -0.39 is 0 Å². The summed E-state index contributed by atoms with van der Waals surface area (Å²) in [7, 11) is 0. The summed E-state index contributed by atoms with van der Waals surface area (Å²) in [6, 6.07) is 0. The van der Waals surface area contributed by atoms with Gasteiger partial charge in [-0.3, -0.25) is 9.78 Å². The van der Waals surface area contributed by atoms with Gasteiger partial charge in [-0.1, -0.05) is 11.8 Å². The van der Waals surface area contributed by atoms with Crippen LogP contribution in [0.25, 0.3) is 0 Å². The van der Waals surface area contributed by atoms with E-state index in [4.69, 9.17) is 21.7 Å². The summed E-state index contributed by atoms with van der Waals surface area (Å²) in [5.41, 5.74) is 4.65. The zero-order chi connectivity index (χ0) is 23.8. The van der Waals surface area contributed by atoms with Crippen molar-refractivity contribution in [1.29, 1.82) is 0 Å². The number of aryl methyl sites for hydroxylation is 1. The number of aromatic nitrogens is 1. The Morgan fingerprint density at radius 1 is 1.31 bits per heavy atom. The third kappa shape index (κ3) is 4.77. The lowest BCUT2D eigenvalue weighted by Crippen LogP contribution is -2.34. The molecule has 0 atom stereocenters. The van der Waals surface area contributed by atoms with Crippen molar-refractivity contribution in [3.63, 3.8) is 0 Å². The van der Waals surface area contributed by atoms with Gasteiger partial charge in [-0.2, -0.15) is 0 Å². The topological polar surface area (TPSA) is 88.9 Å². The average molecular weight is 476 g/mol. The molecule has 3 rings (SSSR count). The van der Waals surface area contributed by atoms with Crippen molar-refractivity contribution in [2.45, 2.75) is 78.1 Å². The molecule has 1 aromatic carbocycles. The highest BCUT2D eigenvalue weighted by atomic mass is 32.2. The van der Waals surface area contributed by atoms with E-state index in [1.165, 1.54) is 6.92 Å². The summed E-state index contributed by atoms with van der Waals surface area (Å²) in [5, 5.41) is 20.1. The molecule has 0 aliphatic carbocycles. The molecule has 1 aliphatic heterocycles. The van der Waals surface area contributed by atoms with Crippen molar-refractivity contribution in [1.82, 2.24) is 4.98 Å². The van der Waals surface area contributed by atoms with E-state index >= 15 is 0 Å². The normalized spacial score (nSPS) is 14.5. The second kappa shape index (κ2) is 9.37. The Kier molecular flexibility index (Phi) is 7.17. The maximum atomic E-state index is 12.0. The minimum atomic E-state index is -0.341. The third-order valence-corrected chi connectivity index (χ3v) is 7.09. The molecule has 2 N–H and O–H groups in total. The molecule has 0 saturated carbocycles. The van der Waals surface area contributed by atoms with Crippen LogP contribution in [0.5, 0.6) is 11.5 Å². The van der Waals surface area contributed by atoms with Crippen LogP contribution < -0.4 is 4.74 Å². The van der Waals surface area contributed by atoms with E-state index in [-0.39, 0.29) is 34.7 Å². The van der Waals surface area contributed by atoms with Gasteiger partial charge >= 0.3 is 0 Å². The van der Waals surface area contributed by atoms with Gasteiger partial charge in [-0.15, -0.1) is 0 Å². The van der Waals surface area contributed by atoms with Crippen LogP contribution in [0, 0.1) is 20.8 Å². The number of pyridine rings is 1. The molecule has 2 heterocycles. The van der Waals surface area contributed by atoms with Crippen LogP contribution in [0.15, 0.2) is 11.1 Å². The van der Waals surface area contributed by atoms with Crippen LogP contribution in [0.4, 0.5) is 0 Å². The molecule has 0 radical (unpaired) electrons. The number of aliphatic hydroxyl groups excluding tert-OH is 1. The molecule has 2 aromatic rings. The van der Waals surface area contributed by atoms with Crippen molar-refractivity contribution < 1.29 is 24.5 Å². The van der Waals surface area contributed by atoms with Crippen molar-refractivity contribution >= 4 is 34.1 Å². The average Bonchev–Trinajstić information content (AvgIpc) is 2.71. The van der Waals surface area contributed by atoms with Crippen LogP contribution in [0.1, 0.15) is 66.3 Å². The molecule has 8 heteroatoms. The maximum Gasteiger partial charge on any atom is 0.193 e. The molecule has 6 nitrogen and oxygen atoms in total. The highest BCUT2D eigenvalue weighted by Gasteiger charge is 2.33. The number of thioether (sulfide) groups is 1. The Morgan fingerprint density at radius 3 is 2.62 bits per heavy atom. The Balaban J connectivity index is 2.03. The number of nitrogens with zero attached hydrogens (tertiary/aromatic N) is 1. The molecule has 1 aliphatic rings. The summed E-state index contributed by atoms with van der Waals surface area (Å²) in [6.45, 7) is 10.9. The number of aliphatic hydroxyl groups is 1. The quantitative estimate of drug-likeness (QED) is 0.469. The maximum absolute atomic E-state index is 12.0. The second-order valence-electron chi connectivity index (χ2n) is 8.65. The summed E-state index contributed by atoms with van der Waals surface area (Å²) >= 11 is 6.81. The van der Waals surface area contributed by atoms with Gasteiger partial charge < -0.3 is 19.7 Å². The molecular weight excluding hydrogens is 446 g/mol. The van der Waals surface area contributed by atoms with Crippen LogP contribution in [0.2, 0.25) is 0 Å². The molecule has 172 valence electrons. The summed E-state index contributed by atoms with van der Waals surface area (Å²) in [5.74, 6) is 0.752. The molecular formula is C24H29NO5S2. The molecule has 0 amide bonds. The number of aromatic hydroxyl groups is 1. The number of carbonyl (C=O) groups excluding carboxylic acids is 1. The predicted octanol–water partition coefficient (Wildman–Crippen LogP) is 4.84. The lowest BCUT2D eigenvalue weighted by molar-refractivity contribution is -0.109. The van der Waals surface area contributed by atoms with Crippen molar-refractivity contribution in [3.8, 4) is 11.5 Å². The van der Waals surface area contributed by atoms with Crippen LogP contribution in [-0.2, 0) is 29.2 Å². The summed E-state index contributed by atoms with van der Waals surface area (Å²) in [4.78, 5) is 17.0. The lowest BCUT2D eigenvalue weighted by Gasteiger charge is -2.36. The van der Waals surface area contributed by atoms with Crippen molar-refractivity contribution in [2.75, 3.05) is 0 Å². The zero-order valence-corrected chi connectivity index (χ0v) is 20.9. The molecule has 0 fully saturated rings. The highest BCUT2D eigenvalue weighted by molar-refractivity contribution is 8.13. The van der Waals surface area contributed by atoms with Crippen molar-refractivity contribution in [2.24, 2.45) is 0 Å². The minimum Gasteiger partial charge on any atom is -0.506 e. The Morgan fingerprint density at radius 2 is 2.00 bits per heavy atom. The lowest BCUT2D eigenvalue weighted by atomic mass is 9.88. The fourth-order valence-corrected chi connectivity index (χ4v) is 5.21. The fourth-order valence-electron chi connectivity index (χ4n) is 3.92. The Labute approximate surface area is 198 Å². The number of ether oxygens (including phenoxy) is 2. The van der Waals surface area contributed by atoms with Gasteiger partial charge in [0.25, 0.3) is 0 Å². The first-order chi connectivity index (χ1) is 15.0. The first-order valence-electron chi connectivity index (χ1n) is 10.4. The zero-order valence-electron chi connectivity index (χ0n) is 19.3. The monoisotopic (exact) mass is 475 g/mol. The van der Waals surface area contributed by atoms with Crippen LogP contribution in [-0.4, -0.2) is 31.0 Å². The summed E-state index contributed by atoms with van der Waals surface area (Å²) < 4.78 is 12.3. The molecule has 0 unspecified atom stereocenters. The number of benzene rings is 1. The second-order valence-corrected chi connectivity index (χ2v) is 10.2. The van der Waals surface area contributed by atoms with E-state index in [1.807, 2.05) is 13.8 Å². The van der Waals surface area contributed by atoms with E-state index in [0.29, 0.717) is 22.4 Å². The van der Waals surface area contributed by atoms with Crippen LogP contribution >= 0.6 is 24.0 Å². The first-order valence-corrected chi connectivity index (χ1v) is 11.7. The largest absolute Gasteiger partial charge is 0.506 e. The van der Waals surface area contributed by atoms with Gasteiger partial charge in [0.2, 0.25) is 0 Å². The molecule has 32 heavy (non-hydrogen) atoms. The number of hydrogen-bond donors (Lipinski definition) is 2. The minimum absolute atomic E-state index is 0.0294. The van der Waals surface area contributed by atoms with Gasteiger partial charge in [0.05, 0.1) is 12.3 Å². The van der Waals surface area contributed by atoms with E-state index in [9.17, 15) is 15.0 Å². The van der Waals surface area contributed by atoms with Gasteiger partial charge in [0, 0.05) is 40.3 Å². The molecule has 0 saturated heterocycles. The van der Waals surface area contributed by atoms with Gasteiger partial charge in [-0.25, -0.2) is 0 Å². The standard InChI is InChI=1S/C24H29NO5S2/c1-12-17-7-8-24(5,6)30-21(17)13(2)19(22(12)32-15(4)27)23(31)29-11-16-9-25-14(3)20(28)18(16)10-26/h9,26,28H,7-8,10-11H2,1-6H3. The highest BCUT2D eigenvalue weighted by Crippen LogP contribution is 2.44. The van der Waals surface area contributed by atoms with Crippen molar-refractivity contribution in [3.05, 3.63) is 45.3 Å². The number of hydrogen-bond acceptors (Lipinski definition) is 8. The smallest absolute Gasteiger partial charge is 0.193 e. The Bertz CT molecular complexity index is 1090. The first kappa shape index (κ1) is 24.5. The van der Waals surface area contributed by atoms with E-state index in [2.05, 4.69) is 18.8 Å². The number of carbonyl (C=O) groups is 1. The number of fused-ring (bicyclic) bond motifs is 1. The van der Waals surface area contributed by atoms with Crippen LogP contribution in [0.3, 0.4) is 0 Å². The number of thiocarbonyl (C=S) groups is 1. The number of rotatable bonds is 5. The molecule has 0 bridgehead atoms. The van der Waals surface area contributed by atoms with Gasteiger partial charge in [-0.05, 0) is 70.8 Å². The fraction of sp³-hybridized carbons (Fsp3) is 0.458. The Hall–Kier alpha value is -2.16. The van der Waals surface area contributed by atoms with Gasteiger partial charge in [0.15, 0.2) is 10.2 Å². The van der Waals surface area contributed by atoms with Gasteiger partial charge in [0.1, 0.15) is 23.7 Å².